The van der Waals surface area contributed by atoms with Gasteiger partial charge in [-0.1, -0.05) is 57.1 Å². The Morgan fingerprint density at radius 1 is 1.14 bits per heavy atom. The molecule has 1 aromatic rings. The third kappa shape index (κ3) is 2.94. The number of nitrogens with zero attached hydrogens (tertiary/aromatic N) is 1. The maximum Gasteiger partial charge on any atom is 0.216 e. The van der Waals surface area contributed by atoms with E-state index in [1.165, 1.54) is 29.3 Å². The van der Waals surface area contributed by atoms with Crippen LogP contribution >= 0.6 is 0 Å². The monoisotopic (exact) mass is 303 g/mol. The molecule has 0 amide bonds. The highest BCUT2D eigenvalue weighted by molar-refractivity contribution is 6.92. The van der Waals surface area contributed by atoms with Crippen molar-refractivity contribution in [1.82, 2.24) is 0 Å². The van der Waals surface area contributed by atoms with Gasteiger partial charge in [0.25, 0.3) is 0 Å². The van der Waals surface area contributed by atoms with Gasteiger partial charge < -0.3 is 4.74 Å². The molecule has 0 aromatic heterocycles. The van der Waals surface area contributed by atoms with Crippen LogP contribution in [-0.2, 0) is 4.74 Å². The molecule has 0 saturated carbocycles. The maximum absolute atomic E-state index is 5.98. The zero-order valence-electron chi connectivity index (χ0n) is 14.4. The first-order valence-electron chi connectivity index (χ1n) is 8.22. The van der Waals surface area contributed by atoms with Crippen molar-refractivity contribution in [3.05, 3.63) is 29.3 Å². The number of ether oxygens (including phenoxy) is 1. The van der Waals surface area contributed by atoms with Crippen LogP contribution in [0.1, 0.15) is 45.7 Å². The molecule has 1 aliphatic rings. The van der Waals surface area contributed by atoms with Crippen LogP contribution in [-0.4, -0.2) is 26.1 Å². The normalized spacial score (nSPS) is 17.5. The maximum atomic E-state index is 5.98. The molecule has 1 heterocycles. The molecule has 0 atom stereocenters. The Bertz CT molecular complexity index is 536. The summed E-state index contributed by atoms with van der Waals surface area (Å²) in [6.07, 6.45) is 0. The minimum absolute atomic E-state index is 0.0935. The molecule has 0 N–H and O–H groups in total. The third-order valence-electron chi connectivity index (χ3n) is 5.05. The van der Waals surface area contributed by atoms with Gasteiger partial charge in [0.1, 0.15) is 6.61 Å². The van der Waals surface area contributed by atoms with Crippen molar-refractivity contribution in [3.8, 4) is 0 Å². The second-order valence-corrected chi connectivity index (χ2v) is 12.1. The first-order valence-corrected chi connectivity index (χ1v) is 10.8. The minimum Gasteiger partial charge on any atom is -0.475 e. The number of hydrogen-bond donors (Lipinski definition) is 0. The van der Waals surface area contributed by atoms with Gasteiger partial charge in [-0.2, -0.15) is 0 Å². The summed E-state index contributed by atoms with van der Waals surface area (Å²) in [5.74, 6) is 0.875. The molecule has 0 unspecified atom stereocenters. The van der Waals surface area contributed by atoms with Crippen LogP contribution in [0.25, 0.3) is 0 Å². The highest BCUT2D eigenvalue weighted by atomic mass is 28.3. The molecule has 116 valence electrons. The summed E-state index contributed by atoms with van der Waals surface area (Å²) in [5, 5.41) is 1.55. The fourth-order valence-electron chi connectivity index (χ4n) is 3.43. The zero-order valence-corrected chi connectivity index (χ0v) is 15.4. The highest BCUT2D eigenvalue weighted by Crippen LogP contribution is 2.27. The average Bonchev–Trinajstić information content (AvgIpc) is 2.81. The average molecular weight is 304 g/mol. The third-order valence-corrected chi connectivity index (χ3v) is 10.7. The molecule has 2 nitrogen and oxygen atoms in total. The van der Waals surface area contributed by atoms with Gasteiger partial charge in [0.15, 0.2) is 0 Å². The lowest BCUT2D eigenvalue weighted by atomic mass is 10.1. The van der Waals surface area contributed by atoms with Gasteiger partial charge in [-0.3, -0.25) is 0 Å². The van der Waals surface area contributed by atoms with Crippen molar-refractivity contribution in [3.63, 3.8) is 0 Å². The Kier molecular flexibility index (Phi) is 4.62. The van der Waals surface area contributed by atoms with E-state index in [0.717, 1.165) is 5.90 Å². The van der Waals surface area contributed by atoms with Crippen molar-refractivity contribution in [2.75, 3.05) is 6.61 Å². The van der Waals surface area contributed by atoms with Gasteiger partial charge in [-0.05, 0) is 31.5 Å². The lowest BCUT2D eigenvalue weighted by Crippen LogP contribution is -2.48. The molecule has 0 aliphatic carbocycles. The molecular formula is C18H29NOSi. The van der Waals surface area contributed by atoms with E-state index >= 15 is 0 Å². The summed E-state index contributed by atoms with van der Waals surface area (Å²) >= 11 is 0. The van der Waals surface area contributed by atoms with E-state index in [2.05, 4.69) is 59.7 Å². The molecule has 0 fully saturated rings. The van der Waals surface area contributed by atoms with Crippen LogP contribution < -0.4 is 5.19 Å². The van der Waals surface area contributed by atoms with Crippen molar-refractivity contribution < 1.29 is 4.74 Å². The van der Waals surface area contributed by atoms with Gasteiger partial charge in [0.2, 0.25) is 5.90 Å². The first-order chi connectivity index (χ1) is 9.89. The molecule has 1 aromatic carbocycles. The Morgan fingerprint density at radius 3 is 2.24 bits per heavy atom. The summed E-state index contributed by atoms with van der Waals surface area (Å²) in [6.45, 7) is 14.2. The number of aryl methyl sites for hydroxylation is 1. The first kappa shape index (κ1) is 16.3. The fraction of sp³-hybridized carbons (Fsp3) is 0.611. The van der Waals surface area contributed by atoms with Gasteiger partial charge in [0.05, 0.1) is 13.6 Å². The molecule has 0 spiro atoms. The van der Waals surface area contributed by atoms with Crippen molar-refractivity contribution in [1.29, 1.82) is 0 Å². The SMILES string of the molecule is CC[Si](CC)(CC)c1cccc(C)c1C1=NC(C)(C)CO1. The summed E-state index contributed by atoms with van der Waals surface area (Å²) in [6, 6.07) is 10.6. The van der Waals surface area contributed by atoms with E-state index < -0.39 is 8.07 Å². The Hall–Kier alpha value is -1.09. The van der Waals surface area contributed by atoms with Crippen molar-refractivity contribution >= 4 is 19.2 Å². The fourth-order valence-corrected chi connectivity index (χ4v) is 7.35. The molecule has 3 heteroatoms. The molecule has 1 aliphatic heterocycles. The molecule has 2 rings (SSSR count). The molecule has 0 radical (unpaired) electrons. The summed E-state index contributed by atoms with van der Waals surface area (Å²) < 4.78 is 5.98. The molecule has 21 heavy (non-hydrogen) atoms. The van der Waals surface area contributed by atoms with Gasteiger partial charge in [0, 0.05) is 5.56 Å². The van der Waals surface area contributed by atoms with Gasteiger partial charge in [-0.25, -0.2) is 4.99 Å². The van der Waals surface area contributed by atoms with Crippen LogP contribution in [0.2, 0.25) is 18.1 Å². The lowest BCUT2D eigenvalue weighted by molar-refractivity contribution is 0.279. The topological polar surface area (TPSA) is 21.6 Å². The second-order valence-electron chi connectivity index (χ2n) is 6.86. The second kappa shape index (κ2) is 5.96. The zero-order chi connectivity index (χ0) is 15.7. The number of rotatable bonds is 5. The standard InChI is InChI=1S/C18H29NOSi/c1-7-21(8-2,9-3)15-12-10-11-14(4)16(15)17-19-18(5,6)13-20-17/h10-12H,7-9,13H2,1-6H3. The van der Waals surface area contributed by atoms with E-state index in [1.807, 2.05) is 0 Å². The largest absolute Gasteiger partial charge is 0.475 e. The van der Waals surface area contributed by atoms with Crippen LogP contribution in [0.5, 0.6) is 0 Å². The number of benzene rings is 1. The van der Waals surface area contributed by atoms with E-state index in [-0.39, 0.29) is 5.54 Å². The summed E-state index contributed by atoms with van der Waals surface area (Å²) in [4.78, 5) is 4.85. The predicted octanol–water partition coefficient (Wildman–Crippen LogP) is 4.27. The molecular weight excluding hydrogens is 274 g/mol. The van der Waals surface area contributed by atoms with Crippen molar-refractivity contribution in [2.24, 2.45) is 4.99 Å². The predicted molar refractivity (Wildman–Crippen MR) is 94.6 cm³/mol. The molecule has 0 saturated heterocycles. The van der Waals surface area contributed by atoms with Crippen LogP contribution in [0.15, 0.2) is 23.2 Å². The number of aliphatic imine (C=N–C) groups is 1. The van der Waals surface area contributed by atoms with E-state index in [1.54, 1.807) is 5.19 Å². The minimum atomic E-state index is -1.44. The van der Waals surface area contributed by atoms with Gasteiger partial charge in [-0.15, -0.1) is 0 Å². The van der Waals surface area contributed by atoms with Crippen molar-refractivity contribution in [2.45, 2.75) is 65.2 Å². The summed E-state index contributed by atoms with van der Waals surface area (Å²) in [7, 11) is -1.44. The number of hydrogen-bond acceptors (Lipinski definition) is 2. The quantitative estimate of drug-likeness (QED) is 0.745. The van der Waals surface area contributed by atoms with Crippen LogP contribution in [0.3, 0.4) is 0 Å². The van der Waals surface area contributed by atoms with Crippen LogP contribution in [0.4, 0.5) is 0 Å². The highest BCUT2D eigenvalue weighted by Gasteiger charge is 2.36. The lowest BCUT2D eigenvalue weighted by Gasteiger charge is -2.31. The van der Waals surface area contributed by atoms with Gasteiger partial charge >= 0.3 is 0 Å². The Morgan fingerprint density at radius 2 is 1.76 bits per heavy atom. The Balaban J connectivity index is 2.62. The smallest absolute Gasteiger partial charge is 0.216 e. The van der Waals surface area contributed by atoms with E-state index in [0.29, 0.717) is 6.61 Å². The van der Waals surface area contributed by atoms with E-state index in [9.17, 15) is 0 Å². The van der Waals surface area contributed by atoms with Crippen LogP contribution in [0, 0.1) is 6.92 Å². The molecule has 0 bridgehead atoms. The Labute approximate surface area is 130 Å². The van der Waals surface area contributed by atoms with E-state index in [4.69, 9.17) is 9.73 Å². The summed E-state index contributed by atoms with van der Waals surface area (Å²) in [5.41, 5.74) is 2.50.